The van der Waals surface area contributed by atoms with Crippen LogP contribution in [0.25, 0.3) is 0 Å². The smallest absolute Gasteiger partial charge is 0.142 e. The van der Waals surface area contributed by atoms with Crippen LogP contribution in [0.1, 0.15) is 18.9 Å². The molecule has 0 aliphatic heterocycles. The number of nitrogens with one attached hydrogen (secondary N) is 1. The number of aromatic nitrogens is 2. The highest BCUT2D eigenvalue weighted by Gasteiger charge is 2.04. The molecule has 0 fully saturated rings. The number of ether oxygens (including phenoxy) is 1. The molecule has 0 aliphatic carbocycles. The minimum atomic E-state index is 0.685. The van der Waals surface area contributed by atoms with Crippen LogP contribution in [0.15, 0.2) is 30.6 Å². The molecular weight excluding hydrogens is 262 g/mol. The molecule has 19 heavy (non-hydrogen) atoms. The summed E-state index contributed by atoms with van der Waals surface area (Å²) in [6.07, 6.45) is 5.00. The van der Waals surface area contributed by atoms with Crippen molar-refractivity contribution < 1.29 is 4.74 Å². The molecule has 2 rings (SSSR count). The first-order valence-electron chi connectivity index (χ1n) is 6.31. The fraction of sp³-hybridized carbons (Fsp3) is 0.357. The first-order chi connectivity index (χ1) is 9.22. The van der Waals surface area contributed by atoms with E-state index in [1.165, 1.54) is 0 Å². The lowest BCUT2D eigenvalue weighted by atomic mass is 10.2. The molecule has 0 radical (unpaired) electrons. The van der Waals surface area contributed by atoms with Crippen molar-refractivity contribution in [3.63, 3.8) is 0 Å². The van der Waals surface area contributed by atoms with Crippen molar-refractivity contribution in [3.8, 4) is 5.75 Å². The molecule has 1 N–H and O–H groups in total. The van der Waals surface area contributed by atoms with E-state index in [2.05, 4.69) is 17.3 Å². The van der Waals surface area contributed by atoms with Crippen molar-refractivity contribution in [2.45, 2.75) is 26.4 Å². The zero-order valence-electron chi connectivity index (χ0n) is 11.2. The molecule has 4 nitrogen and oxygen atoms in total. The summed E-state index contributed by atoms with van der Waals surface area (Å²) in [5.74, 6) is 0.783. The molecule has 0 spiro atoms. The van der Waals surface area contributed by atoms with Crippen LogP contribution in [0.4, 0.5) is 5.69 Å². The van der Waals surface area contributed by atoms with Gasteiger partial charge in [-0.1, -0.05) is 18.5 Å². The Kier molecular flexibility index (Phi) is 4.68. The van der Waals surface area contributed by atoms with Gasteiger partial charge in [0.15, 0.2) is 0 Å². The summed E-state index contributed by atoms with van der Waals surface area (Å²) in [6.45, 7) is 3.78. The van der Waals surface area contributed by atoms with Crippen molar-refractivity contribution in [2.75, 3.05) is 12.4 Å². The number of nitrogens with zero attached hydrogens (tertiary/aromatic N) is 2. The van der Waals surface area contributed by atoms with Gasteiger partial charge in [-0.25, -0.2) is 0 Å². The summed E-state index contributed by atoms with van der Waals surface area (Å²) >= 11 is 5.99. The number of hydrogen-bond donors (Lipinski definition) is 1. The third kappa shape index (κ3) is 3.64. The number of aryl methyl sites for hydroxylation is 1. The summed E-state index contributed by atoms with van der Waals surface area (Å²) in [5, 5.41) is 8.30. The Balaban J connectivity index is 2.03. The van der Waals surface area contributed by atoms with Gasteiger partial charge in [-0.2, -0.15) is 5.10 Å². The second-order valence-corrected chi connectivity index (χ2v) is 4.75. The maximum Gasteiger partial charge on any atom is 0.142 e. The number of anilines is 1. The Bertz CT molecular complexity index is 539. The topological polar surface area (TPSA) is 39.1 Å². The highest BCUT2D eigenvalue weighted by Crippen LogP contribution is 2.27. The number of hydrogen-bond acceptors (Lipinski definition) is 3. The van der Waals surface area contributed by atoms with Gasteiger partial charge in [-0.05, 0) is 24.6 Å². The van der Waals surface area contributed by atoms with E-state index in [0.717, 1.165) is 30.0 Å². The van der Waals surface area contributed by atoms with Gasteiger partial charge in [0.2, 0.25) is 0 Å². The fourth-order valence-corrected chi connectivity index (χ4v) is 2.04. The Morgan fingerprint density at radius 3 is 3.00 bits per heavy atom. The number of methoxy groups -OCH3 is 1. The van der Waals surface area contributed by atoms with Crippen LogP contribution < -0.4 is 10.1 Å². The molecule has 0 saturated heterocycles. The number of rotatable bonds is 6. The molecule has 2 aromatic rings. The summed E-state index contributed by atoms with van der Waals surface area (Å²) in [5.41, 5.74) is 2.02. The molecule has 0 unspecified atom stereocenters. The van der Waals surface area contributed by atoms with Crippen LogP contribution in [0.2, 0.25) is 5.02 Å². The van der Waals surface area contributed by atoms with Gasteiger partial charge in [-0.15, -0.1) is 0 Å². The number of halogens is 1. The Morgan fingerprint density at radius 2 is 2.26 bits per heavy atom. The van der Waals surface area contributed by atoms with Crippen LogP contribution in [-0.2, 0) is 13.1 Å². The minimum Gasteiger partial charge on any atom is -0.495 e. The zero-order chi connectivity index (χ0) is 13.7. The first-order valence-corrected chi connectivity index (χ1v) is 6.69. The lowest BCUT2D eigenvalue weighted by Gasteiger charge is -2.10. The molecule has 5 heteroatoms. The molecule has 0 amide bonds. The second kappa shape index (κ2) is 6.48. The average molecular weight is 280 g/mol. The maximum atomic E-state index is 5.99. The quantitative estimate of drug-likeness (QED) is 0.879. The molecule has 1 aromatic heterocycles. The summed E-state index contributed by atoms with van der Waals surface area (Å²) in [7, 11) is 1.65. The number of benzene rings is 1. The molecule has 1 aromatic carbocycles. The molecule has 102 valence electrons. The molecule has 0 bridgehead atoms. The van der Waals surface area contributed by atoms with E-state index in [1.54, 1.807) is 7.11 Å². The second-order valence-electron chi connectivity index (χ2n) is 4.31. The van der Waals surface area contributed by atoms with Crippen LogP contribution >= 0.6 is 11.6 Å². The van der Waals surface area contributed by atoms with E-state index >= 15 is 0 Å². The SMILES string of the molecule is CCCn1cc(CNc2cc(Cl)ccc2OC)cn1. The lowest BCUT2D eigenvalue weighted by molar-refractivity contribution is 0.416. The van der Waals surface area contributed by atoms with E-state index in [1.807, 2.05) is 35.3 Å². The first kappa shape index (κ1) is 13.7. The van der Waals surface area contributed by atoms with E-state index < -0.39 is 0 Å². The van der Waals surface area contributed by atoms with Crippen LogP contribution in [-0.4, -0.2) is 16.9 Å². The monoisotopic (exact) mass is 279 g/mol. The standard InChI is InChI=1S/C14H18ClN3O/c1-3-6-18-10-11(9-17-18)8-16-13-7-12(15)4-5-14(13)19-2/h4-5,7,9-10,16H,3,6,8H2,1-2H3. The van der Waals surface area contributed by atoms with Gasteiger partial charge in [-0.3, -0.25) is 4.68 Å². The summed E-state index contributed by atoms with van der Waals surface area (Å²) in [4.78, 5) is 0. The molecular formula is C14H18ClN3O. The van der Waals surface area contributed by atoms with Gasteiger partial charge in [0, 0.05) is 29.9 Å². The average Bonchev–Trinajstić information content (AvgIpc) is 2.85. The van der Waals surface area contributed by atoms with Gasteiger partial charge in [0.1, 0.15) is 5.75 Å². The van der Waals surface area contributed by atoms with E-state index in [4.69, 9.17) is 16.3 Å². The van der Waals surface area contributed by atoms with Crippen LogP contribution in [0.5, 0.6) is 5.75 Å². The summed E-state index contributed by atoms with van der Waals surface area (Å²) < 4.78 is 7.24. The third-order valence-corrected chi connectivity index (χ3v) is 3.02. The van der Waals surface area contributed by atoms with Gasteiger partial charge < -0.3 is 10.1 Å². The Labute approximate surface area is 118 Å². The predicted molar refractivity (Wildman–Crippen MR) is 77.8 cm³/mol. The van der Waals surface area contributed by atoms with Crippen molar-refractivity contribution in [1.82, 2.24) is 9.78 Å². The normalized spacial score (nSPS) is 10.5. The van der Waals surface area contributed by atoms with E-state index in [-0.39, 0.29) is 0 Å². The van der Waals surface area contributed by atoms with E-state index in [9.17, 15) is 0 Å². The highest BCUT2D eigenvalue weighted by atomic mass is 35.5. The van der Waals surface area contributed by atoms with Crippen LogP contribution in [0.3, 0.4) is 0 Å². The van der Waals surface area contributed by atoms with Gasteiger partial charge in [0.25, 0.3) is 0 Å². The maximum absolute atomic E-state index is 5.99. The van der Waals surface area contributed by atoms with Crippen LogP contribution in [0, 0.1) is 0 Å². The third-order valence-electron chi connectivity index (χ3n) is 2.78. The predicted octanol–water partition coefficient (Wildman–Crippen LogP) is 3.57. The minimum absolute atomic E-state index is 0.685. The van der Waals surface area contributed by atoms with Crippen molar-refractivity contribution >= 4 is 17.3 Å². The summed E-state index contributed by atoms with van der Waals surface area (Å²) in [6, 6.07) is 5.52. The highest BCUT2D eigenvalue weighted by molar-refractivity contribution is 6.30. The fourth-order valence-electron chi connectivity index (χ4n) is 1.86. The van der Waals surface area contributed by atoms with Crippen molar-refractivity contribution in [3.05, 3.63) is 41.2 Å². The van der Waals surface area contributed by atoms with E-state index in [0.29, 0.717) is 11.6 Å². The molecule has 0 saturated carbocycles. The van der Waals surface area contributed by atoms with Gasteiger partial charge in [0.05, 0.1) is 19.0 Å². The lowest BCUT2D eigenvalue weighted by Crippen LogP contribution is -2.01. The molecule has 1 heterocycles. The molecule has 0 atom stereocenters. The van der Waals surface area contributed by atoms with Crippen molar-refractivity contribution in [2.24, 2.45) is 0 Å². The van der Waals surface area contributed by atoms with Crippen molar-refractivity contribution in [1.29, 1.82) is 0 Å². The Morgan fingerprint density at radius 1 is 1.42 bits per heavy atom. The molecule has 0 aliphatic rings. The largest absolute Gasteiger partial charge is 0.495 e. The zero-order valence-corrected chi connectivity index (χ0v) is 11.9. The van der Waals surface area contributed by atoms with Gasteiger partial charge >= 0.3 is 0 Å². The Hall–Kier alpha value is -1.68.